The zero-order valence-corrected chi connectivity index (χ0v) is 37.7. The van der Waals surface area contributed by atoms with Crippen molar-refractivity contribution in [2.24, 2.45) is 5.73 Å². The number of phosphoric acid groups is 1. The van der Waals surface area contributed by atoms with Crippen molar-refractivity contribution in [3.63, 3.8) is 0 Å². The van der Waals surface area contributed by atoms with Gasteiger partial charge in [0.05, 0.1) is 19.3 Å². The molecule has 0 fully saturated rings. The standard InChI is InChI=1S/C48H76NO11P/c1-3-5-7-9-11-12-13-14-15-16-17-18-19-20-21-22-26-30-34-38-46(51)57-40-44(41-58-61(55,56)59-42-45(49)48(53)54)60-47(52)39-35-31-27-24-23-25-29-33-37-43(50)36-32-28-10-8-6-4-2/h5,7,11-12,14-15,17-18,20-21,24-25,27-29,32-33,37,43-45,50H,3-4,6,8-10,13,16,19,22-23,26,30-31,34-36,38-42,49H2,1-2H3,(H,53,54)(H,55,56)/b7-5-,12-11-,15-14-,18-17-,21-20-,27-24-,29-25-,32-28-,37-33+/t43-,44+,45-/m0/s1. The summed E-state index contributed by atoms with van der Waals surface area (Å²) >= 11 is 0. The molecule has 0 heterocycles. The van der Waals surface area contributed by atoms with Crippen molar-refractivity contribution in [2.45, 2.75) is 154 Å². The van der Waals surface area contributed by atoms with Gasteiger partial charge in [-0.15, -0.1) is 0 Å². The maximum atomic E-state index is 12.6. The van der Waals surface area contributed by atoms with Crippen molar-refractivity contribution >= 4 is 25.7 Å². The van der Waals surface area contributed by atoms with Gasteiger partial charge in [-0.3, -0.25) is 23.4 Å². The summed E-state index contributed by atoms with van der Waals surface area (Å²) in [7, 11) is -4.76. The van der Waals surface area contributed by atoms with Crippen LogP contribution in [0, 0.1) is 0 Å². The van der Waals surface area contributed by atoms with E-state index in [-0.39, 0.29) is 12.8 Å². The fraction of sp³-hybridized carbons (Fsp3) is 0.562. The molecule has 0 spiro atoms. The first-order chi connectivity index (χ1) is 29.5. The molecule has 61 heavy (non-hydrogen) atoms. The number of aliphatic carboxylic acids is 1. The number of carboxylic acid groups (broad SMARTS) is 1. The van der Waals surface area contributed by atoms with E-state index in [9.17, 15) is 28.9 Å². The highest BCUT2D eigenvalue weighted by atomic mass is 31.2. The second-order valence-corrected chi connectivity index (χ2v) is 15.7. The van der Waals surface area contributed by atoms with Gasteiger partial charge in [0.2, 0.25) is 0 Å². The SMILES string of the molecule is CC/C=C\C/C=C\C/C=C\C/C=C\C/C=C\CCCCCC(=O)OC[C@H](COP(=O)(O)OC[C@H](N)C(=O)O)OC(=O)CCC/C=C\C/C=C\C=C\[C@@H](O)C/C=C\CCCCC. The van der Waals surface area contributed by atoms with Crippen LogP contribution in [0.5, 0.6) is 0 Å². The second-order valence-electron chi connectivity index (χ2n) is 14.3. The highest BCUT2D eigenvalue weighted by molar-refractivity contribution is 7.47. The third kappa shape index (κ3) is 41.2. The van der Waals surface area contributed by atoms with Crippen molar-refractivity contribution in [2.75, 3.05) is 19.8 Å². The smallest absolute Gasteiger partial charge is 0.472 e. The van der Waals surface area contributed by atoms with Crippen LogP contribution < -0.4 is 5.73 Å². The van der Waals surface area contributed by atoms with E-state index in [1.165, 1.54) is 19.3 Å². The number of carboxylic acids is 1. The van der Waals surface area contributed by atoms with Crippen LogP contribution in [0.2, 0.25) is 0 Å². The number of carbonyl (C=O) groups excluding carboxylic acids is 2. The number of ether oxygens (including phenoxy) is 2. The van der Waals surface area contributed by atoms with Crippen molar-refractivity contribution < 1.29 is 52.6 Å². The largest absolute Gasteiger partial charge is 0.480 e. The molecule has 4 atom stereocenters. The van der Waals surface area contributed by atoms with Crippen LogP contribution >= 0.6 is 7.82 Å². The van der Waals surface area contributed by atoms with Crippen LogP contribution in [-0.4, -0.2) is 71.1 Å². The van der Waals surface area contributed by atoms with E-state index >= 15 is 0 Å². The van der Waals surface area contributed by atoms with Gasteiger partial charge >= 0.3 is 25.7 Å². The Morgan fingerprint density at radius 1 is 0.607 bits per heavy atom. The Kier molecular flexibility index (Phi) is 38.8. The monoisotopic (exact) mass is 874 g/mol. The maximum Gasteiger partial charge on any atom is 0.472 e. The zero-order chi connectivity index (χ0) is 45.1. The summed E-state index contributed by atoms with van der Waals surface area (Å²) in [6, 6.07) is -1.55. The van der Waals surface area contributed by atoms with Crippen molar-refractivity contribution in [3.05, 3.63) is 109 Å². The Hall–Kier alpha value is -3.90. The number of hydrogen-bond acceptors (Lipinski definition) is 10. The van der Waals surface area contributed by atoms with Crippen LogP contribution in [0.1, 0.15) is 136 Å². The lowest BCUT2D eigenvalue weighted by Crippen LogP contribution is -2.34. The minimum Gasteiger partial charge on any atom is -0.480 e. The molecule has 0 bridgehead atoms. The number of hydrogen-bond donors (Lipinski definition) is 4. The van der Waals surface area contributed by atoms with Crippen LogP contribution in [0.15, 0.2) is 109 Å². The minimum atomic E-state index is -4.76. The normalized spacial score (nSPS) is 15.2. The molecule has 0 aromatic heterocycles. The van der Waals surface area contributed by atoms with Gasteiger partial charge < -0.3 is 30.3 Å². The van der Waals surface area contributed by atoms with Gasteiger partial charge in [0.15, 0.2) is 6.10 Å². The number of esters is 2. The number of aliphatic hydroxyl groups excluding tert-OH is 1. The number of allylic oxidation sites excluding steroid dienone is 16. The van der Waals surface area contributed by atoms with Crippen LogP contribution in [-0.2, 0) is 37.5 Å². The second kappa shape index (κ2) is 41.5. The van der Waals surface area contributed by atoms with E-state index in [4.69, 9.17) is 24.8 Å². The molecule has 0 radical (unpaired) electrons. The van der Waals surface area contributed by atoms with Crippen molar-refractivity contribution in [1.29, 1.82) is 0 Å². The Labute approximate surface area is 366 Å². The first-order valence-electron chi connectivity index (χ1n) is 22.0. The van der Waals surface area contributed by atoms with Gasteiger partial charge in [-0.1, -0.05) is 142 Å². The third-order valence-electron chi connectivity index (χ3n) is 8.59. The molecule has 0 aliphatic rings. The van der Waals surface area contributed by atoms with Gasteiger partial charge in [0.25, 0.3) is 0 Å². The summed E-state index contributed by atoms with van der Waals surface area (Å²) in [6.07, 6.45) is 50.4. The summed E-state index contributed by atoms with van der Waals surface area (Å²) in [5, 5.41) is 18.9. The van der Waals surface area contributed by atoms with E-state index in [1.54, 1.807) is 6.08 Å². The molecule has 0 aromatic rings. The molecule has 12 nitrogen and oxygen atoms in total. The molecule has 0 rings (SSSR count). The molecule has 0 amide bonds. The average molecular weight is 874 g/mol. The molecule has 344 valence electrons. The first kappa shape index (κ1) is 57.1. The van der Waals surface area contributed by atoms with E-state index in [2.05, 4.69) is 85.2 Å². The topological polar surface area (TPSA) is 192 Å². The van der Waals surface area contributed by atoms with E-state index in [0.29, 0.717) is 32.1 Å². The number of rotatable bonds is 39. The Bertz CT molecular complexity index is 1460. The van der Waals surface area contributed by atoms with Crippen LogP contribution in [0.25, 0.3) is 0 Å². The molecule has 0 saturated heterocycles. The fourth-order valence-electron chi connectivity index (χ4n) is 5.11. The first-order valence-corrected chi connectivity index (χ1v) is 23.5. The molecule has 13 heteroatoms. The number of phosphoric ester groups is 1. The molecule has 0 aliphatic carbocycles. The molecule has 0 aliphatic heterocycles. The number of unbranched alkanes of at least 4 members (excludes halogenated alkanes) is 7. The lowest BCUT2D eigenvalue weighted by molar-refractivity contribution is -0.161. The van der Waals surface area contributed by atoms with E-state index < -0.39 is 63.8 Å². The summed E-state index contributed by atoms with van der Waals surface area (Å²) in [5.41, 5.74) is 5.32. The molecule has 5 N–H and O–H groups in total. The molecular weight excluding hydrogens is 797 g/mol. The van der Waals surface area contributed by atoms with Gasteiger partial charge in [-0.05, 0) is 89.9 Å². The van der Waals surface area contributed by atoms with E-state index in [0.717, 1.165) is 57.8 Å². The maximum absolute atomic E-state index is 12.6. The average Bonchev–Trinajstić information content (AvgIpc) is 3.23. The summed E-state index contributed by atoms with van der Waals surface area (Å²) in [6.45, 7) is 2.46. The van der Waals surface area contributed by atoms with Gasteiger partial charge in [0.1, 0.15) is 12.6 Å². The Morgan fingerprint density at radius 3 is 1.74 bits per heavy atom. The fourth-order valence-corrected chi connectivity index (χ4v) is 5.89. The predicted octanol–water partition coefficient (Wildman–Crippen LogP) is 10.8. The number of carbonyl (C=O) groups is 3. The Morgan fingerprint density at radius 2 is 1.13 bits per heavy atom. The highest BCUT2D eigenvalue weighted by Gasteiger charge is 2.28. The molecule has 1 unspecified atom stereocenters. The zero-order valence-electron chi connectivity index (χ0n) is 36.8. The number of aliphatic hydroxyl groups is 1. The predicted molar refractivity (Wildman–Crippen MR) is 246 cm³/mol. The van der Waals surface area contributed by atoms with Crippen molar-refractivity contribution in [1.82, 2.24) is 0 Å². The summed E-state index contributed by atoms with van der Waals surface area (Å²) in [4.78, 5) is 46.0. The lowest BCUT2D eigenvalue weighted by atomic mass is 10.1. The van der Waals surface area contributed by atoms with Crippen LogP contribution in [0.4, 0.5) is 0 Å². The van der Waals surface area contributed by atoms with Crippen molar-refractivity contribution in [3.8, 4) is 0 Å². The lowest BCUT2D eigenvalue weighted by Gasteiger charge is -2.20. The minimum absolute atomic E-state index is 0.0386. The highest BCUT2D eigenvalue weighted by Crippen LogP contribution is 2.43. The van der Waals surface area contributed by atoms with E-state index in [1.807, 2.05) is 36.5 Å². The summed E-state index contributed by atoms with van der Waals surface area (Å²) < 4.78 is 32.6. The molecule has 0 saturated carbocycles. The third-order valence-corrected chi connectivity index (χ3v) is 9.54. The van der Waals surface area contributed by atoms with Gasteiger partial charge in [-0.2, -0.15) is 0 Å². The van der Waals surface area contributed by atoms with Gasteiger partial charge in [-0.25, -0.2) is 4.57 Å². The van der Waals surface area contributed by atoms with Gasteiger partial charge in [0, 0.05) is 12.8 Å². The molecule has 0 aromatic carbocycles. The quantitative estimate of drug-likeness (QED) is 0.0150. The Balaban J connectivity index is 4.60. The summed E-state index contributed by atoms with van der Waals surface area (Å²) in [5.74, 6) is -2.56. The van der Waals surface area contributed by atoms with Crippen LogP contribution in [0.3, 0.4) is 0 Å². The molecular formula is C48H76NO11P. The number of nitrogens with two attached hydrogens (primary N) is 1.